The van der Waals surface area contributed by atoms with E-state index in [1.165, 1.54) is 13.8 Å². The van der Waals surface area contributed by atoms with Crippen molar-refractivity contribution >= 4 is 29.1 Å². The molecule has 5 heteroatoms. The first-order valence-corrected chi connectivity index (χ1v) is 10.9. The molecule has 0 unspecified atom stereocenters. The molecule has 0 aromatic heterocycles. The SMILES string of the molecule is C=C1C[C@H]2[C@@H]3C=C(Cl)C4=CC(=O)CC[C@]4(C)[C@H]3CC[C@]2(C)[C@@]1(OC(C)=O)C(C)=O. The first kappa shape index (κ1) is 20.6. The van der Waals surface area contributed by atoms with Crippen LogP contribution in [0.2, 0.25) is 0 Å². The summed E-state index contributed by atoms with van der Waals surface area (Å²) in [6.45, 7) is 11.4. The number of ketones is 2. The summed E-state index contributed by atoms with van der Waals surface area (Å²) in [5, 5.41) is 0.657. The van der Waals surface area contributed by atoms with Crippen LogP contribution in [0.25, 0.3) is 0 Å². The number of carbonyl (C=O) groups is 3. The lowest BCUT2D eigenvalue weighted by Gasteiger charge is -2.57. The molecule has 4 rings (SSSR count). The van der Waals surface area contributed by atoms with Crippen molar-refractivity contribution in [3.63, 3.8) is 0 Å². The molecule has 0 aliphatic heterocycles. The van der Waals surface area contributed by atoms with Crippen LogP contribution in [0.5, 0.6) is 0 Å². The summed E-state index contributed by atoms with van der Waals surface area (Å²) < 4.78 is 5.80. The number of allylic oxidation sites excluding steroid dienone is 4. The van der Waals surface area contributed by atoms with E-state index in [0.717, 1.165) is 24.8 Å². The van der Waals surface area contributed by atoms with E-state index >= 15 is 0 Å². The Morgan fingerprint density at radius 1 is 1.21 bits per heavy atom. The molecule has 156 valence electrons. The molecule has 4 aliphatic carbocycles. The number of hydrogen-bond acceptors (Lipinski definition) is 4. The lowest BCUT2D eigenvalue weighted by molar-refractivity contribution is -0.179. The third kappa shape index (κ3) is 2.54. The van der Waals surface area contributed by atoms with Gasteiger partial charge in [-0.2, -0.15) is 0 Å². The quantitative estimate of drug-likeness (QED) is 0.473. The van der Waals surface area contributed by atoms with Gasteiger partial charge in [-0.25, -0.2) is 0 Å². The van der Waals surface area contributed by atoms with Gasteiger partial charge in [-0.1, -0.05) is 38.1 Å². The average Bonchev–Trinajstić information content (AvgIpc) is 2.85. The predicted octanol–water partition coefficient (Wildman–Crippen LogP) is 4.92. The highest BCUT2D eigenvalue weighted by atomic mass is 35.5. The van der Waals surface area contributed by atoms with Crippen LogP contribution in [0.3, 0.4) is 0 Å². The third-order valence-electron chi connectivity index (χ3n) is 8.51. The fraction of sp³-hybridized carbons (Fsp3) is 0.625. The number of carbonyl (C=O) groups excluding carboxylic acids is 3. The summed E-state index contributed by atoms with van der Waals surface area (Å²) >= 11 is 6.72. The van der Waals surface area contributed by atoms with Crippen molar-refractivity contribution in [2.24, 2.45) is 28.6 Å². The number of hydrogen-bond donors (Lipinski definition) is 0. The molecule has 0 N–H and O–H groups in total. The molecule has 4 nitrogen and oxygen atoms in total. The Bertz CT molecular complexity index is 899. The molecule has 0 heterocycles. The molecule has 0 aromatic carbocycles. The first-order chi connectivity index (χ1) is 13.5. The molecule has 6 atom stereocenters. The number of fused-ring (bicyclic) bond motifs is 5. The molecule has 0 spiro atoms. The van der Waals surface area contributed by atoms with E-state index in [0.29, 0.717) is 29.4 Å². The van der Waals surface area contributed by atoms with E-state index in [2.05, 4.69) is 26.5 Å². The number of esters is 1. The second kappa shape index (κ2) is 6.41. The van der Waals surface area contributed by atoms with E-state index in [9.17, 15) is 14.4 Å². The molecular weight excluding hydrogens is 388 g/mol. The van der Waals surface area contributed by atoms with Crippen molar-refractivity contribution in [3.05, 3.63) is 34.9 Å². The lowest BCUT2D eigenvalue weighted by Crippen LogP contribution is -2.58. The summed E-state index contributed by atoms with van der Waals surface area (Å²) in [4.78, 5) is 36.9. The summed E-state index contributed by atoms with van der Waals surface area (Å²) in [6, 6.07) is 0. The fourth-order valence-electron chi connectivity index (χ4n) is 7.15. The Hall–Kier alpha value is -1.68. The van der Waals surface area contributed by atoms with Gasteiger partial charge in [0.1, 0.15) is 0 Å². The van der Waals surface area contributed by atoms with Crippen LogP contribution in [0.1, 0.15) is 59.8 Å². The predicted molar refractivity (Wildman–Crippen MR) is 111 cm³/mol. The third-order valence-corrected chi connectivity index (χ3v) is 8.84. The maximum Gasteiger partial charge on any atom is 0.303 e. The zero-order valence-corrected chi connectivity index (χ0v) is 18.4. The molecule has 2 saturated carbocycles. The molecule has 0 bridgehead atoms. The van der Waals surface area contributed by atoms with Gasteiger partial charge in [-0.05, 0) is 73.0 Å². The van der Waals surface area contributed by atoms with Gasteiger partial charge < -0.3 is 4.74 Å². The second-order valence-corrected chi connectivity index (χ2v) is 10.2. The highest BCUT2D eigenvalue weighted by molar-refractivity contribution is 6.32. The minimum Gasteiger partial charge on any atom is -0.446 e. The van der Waals surface area contributed by atoms with Gasteiger partial charge in [0.05, 0.1) is 0 Å². The van der Waals surface area contributed by atoms with Crippen molar-refractivity contribution < 1.29 is 19.1 Å². The van der Waals surface area contributed by atoms with Gasteiger partial charge >= 0.3 is 5.97 Å². The molecule has 0 saturated heterocycles. The summed E-state index contributed by atoms with van der Waals surface area (Å²) in [5.74, 6) is 0.151. The first-order valence-electron chi connectivity index (χ1n) is 10.5. The molecule has 0 aromatic rings. The van der Waals surface area contributed by atoms with Crippen molar-refractivity contribution in [1.82, 2.24) is 0 Å². The van der Waals surface area contributed by atoms with Gasteiger partial charge in [0.25, 0.3) is 0 Å². The average molecular weight is 417 g/mol. The van der Waals surface area contributed by atoms with Gasteiger partial charge in [0.2, 0.25) is 0 Å². The Kier molecular flexibility index (Phi) is 4.55. The van der Waals surface area contributed by atoms with Gasteiger partial charge in [0, 0.05) is 23.8 Å². The number of Topliss-reactive ketones (excluding diaryl/α,β-unsaturated/α-hetero) is 1. The Labute approximate surface area is 177 Å². The maximum atomic E-state index is 12.9. The van der Waals surface area contributed by atoms with E-state index in [4.69, 9.17) is 16.3 Å². The van der Waals surface area contributed by atoms with Crippen LogP contribution >= 0.6 is 11.6 Å². The Balaban J connectivity index is 1.84. The molecule has 4 aliphatic rings. The summed E-state index contributed by atoms with van der Waals surface area (Å²) in [5.41, 5.74) is -0.263. The second-order valence-electron chi connectivity index (χ2n) is 9.84. The Morgan fingerprint density at radius 2 is 1.90 bits per heavy atom. The van der Waals surface area contributed by atoms with Crippen LogP contribution < -0.4 is 0 Å². The van der Waals surface area contributed by atoms with Gasteiger partial charge in [0.15, 0.2) is 17.2 Å². The number of rotatable bonds is 2. The molecule has 0 amide bonds. The van der Waals surface area contributed by atoms with E-state index < -0.39 is 17.0 Å². The summed E-state index contributed by atoms with van der Waals surface area (Å²) in [6.07, 6.45) is 7.48. The standard InChI is InChI=1S/C24H29ClO4/c1-13-10-19-17-12-21(25)20-11-16(28)6-8-22(20,4)18(17)7-9-23(19,5)24(13,14(2)26)29-15(3)27/h11-12,17-19H,1,6-10H2,2-5H3/t17-,18+,19+,22-,23+,24+/m1/s1. The van der Waals surface area contributed by atoms with E-state index in [1.807, 2.05) is 0 Å². The minimum atomic E-state index is -1.27. The molecular formula is C24H29ClO4. The van der Waals surface area contributed by atoms with Gasteiger partial charge in [-0.3, -0.25) is 14.4 Å². The largest absolute Gasteiger partial charge is 0.446 e. The van der Waals surface area contributed by atoms with Gasteiger partial charge in [-0.15, -0.1) is 0 Å². The molecule has 29 heavy (non-hydrogen) atoms. The summed E-state index contributed by atoms with van der Waals surface area (Å²) in [7, 11) is 0. The van der Waals surface area contributed by atoms with Crippen molar-refractivity contribution in [1.29, 1.82) is 0 Å². The van der Waals surface area contributed by atoms with E-state index in [1.54, 1.807) is 6.08 Å². The lowest BCUT2D eigenvalue weighted by atomic mass is 9.48. The topological polar surface area (TPSA) is 60.4 Å². The smallest absolute Gasteiger partial charge is 0.303 e. The zero-order valence-electron chi connectivity index (χ0n) is 17.6. The van der Waals surface area contributed by atoms with Crippen molar-refractivity contribution in [2.45, 2.75) is 65.4 Å². The van der Waals surface area contributed by atoms with Crippen LogP contribution in [0, 0.1) is 28.6 Å². The highest BCUT2D eigenvalue weighted by Crippen LogP contribution is 2.69. The maximum absolute atomic E-state index is 12.9. The van der Waals surface area contributed by atoms with Crippen LogP contribution in [0.15, 0.2) is 34.9 Å². The normalized spacial score (nSPS) is 43.6. The van der Waals surface area contributed by atoms with Crippen molar-refractivity contribution in [2.75, 3.05) is 0 Å². The number of ether oxygens (including phenoxy) is 1. The zero-order chi connectivity index (χ0) is 21.4. The van der Waals surface area contributed by atoms with Crippen LogP contribution in [-0.2, 0) is 19.1 Å². The monoisotopic (exact) mass is 416 g/mol. The van der Waals surface area contributed by atoms with Crippen molar-refractivity contribution in [3.8, 4) is 0 Å². The fourth-order valence-corrected chi connectivity index (χ4v) is 7.57. The Morgan fingerprint density at radius 3 is 2.52 bits per heavy atom. The van der Waals surface area contributed by atoms with Crippen LogP contribution in [-0.4, -0.2) is 23.1 Å². The molecule has 2 fully saturated rings. The number of halogens is 1. The van der Waals surface area contributed by atoms with E-state index in [-0.39, 0.29) is 28.8 Å². The van der Waals surface area contributed by atoms with Crippen LogP contribution in [0.4, 0.5) is 0 Å². The minimum absolute atomic E-state index is 0.113. The molecule has 0 radical (unpaired) electrons. The highest BCUT2D eigenvalue weighted by Gasteiger charge is 2.69.